The van der Waals surface area contributed by atoms with Crippen molar-refractivity contribution in [1.82, 2.24) is 5.32 Å². The SMILES string of the molecule is CCCCOC(=O)C1=C(C)NC2=C(C(=O)CC(C)(C)C2)C1c1ccc(I)cc1. The summed E-state index contributed by atoms with van der Waals surface area (Å²) >= 11 is 2.26. The maximum absolute atomic E-state index is 13.2. The largest absolute Gasteiger partial charge is 0.462 e. The van der Waals surface area contributed by atoms with Gasteiger partial charge in [0.25, 0.3) is 0 Å². The zero-order chi connectivity index (χ0) is 20.5. The second kappa shape index (κ2) is 8.39. The molecule has 1 aromatic rings. The number of allylic oxidation sites excluding steroid dienone is 3. The molecule has 4 nitrogen and oxygen atoms in total. The third-order valence-electron chi connectivity index (χ3n) is 5.39. The first-order chi connectivity index (χ1) is 13.2. The minimum absolute atomic E-state index is 0.0844. The van der Waals surface area contributed by atoms with Crippen molar-refractivity contribution in [1.29, 1.82) is 0 Å². The lowest BCUT2D eigenvalue weighted by Crippen LogP contribution is -2.38. The van der Waals surface area contributed by atoms with Crippen LogP contribution >= 0.6 is 22.6 Å². The van der Waals surface area contributed by atoms with Crippen LogP contribution in [0.1, 0.15) is 64.9 Å². The number of unbranched alkanes of at least 4 members (excludes halogenated alkanes) is 1. The Morgan fingerprint density at radius 1 is 1.25 bits per heavy atom. The van der Waals surface area contributed by atoms with E-state index < -0.39 is 0 Å². The van der Waals surface area contributed by atoms with Crippen LogP contribution in [0.5, 0.6) is 0 Å². The van der Waals surface area contributed by atoms with E-state index in [0.29, 0.717) is 18.6 Å². The highest BCUT2D eigenvalue weighted by molar-refractivity contribution is 14.1. The van der Waals surface area contributed by atoms with Crippen LogP contribution in [0, 0.1) is 8.99 Å². The molecule has 1 N–H and O–H groups in total. The fourth-order valence-electron chi connectivity index (χ4n) is 4.08. The van der Waals surface area contributed by atoms with Gasteiger partial charge in [0, 0.05) is 32.9 Å². The number of dihydropyridines is 1. The van der Waals surface area contributed by atoms with Crippen molar-refractivity contribution in [3.63, 3.8) is 0 Å². The number of halogens is 1. The first kappa shape index (κ1) is 21.1. The van der Waals surface area contributed by atoms with Crippen molar-refractivity contribution < 1.29 is 14.3 Å². The van der Waals surface area contributed by atoms with Crippen molar-refractivity contribution >= 4 is 34.3 Å². The molecule has 0 aromatic heterocycles. The van der Waals surface area contributed by atoms with Crippen molar-refractivity contribution in [2.75, 3.05) is 6.61 Å². The van der Waals surface area contributed by atoms with E-state index in [9.17, 15) is 9.59 Å². The summed E-state index contributed by atoms with van der Waals surface area (Å²) in [6.45, 7) is 8.60. The summed E-state index contributed by atoms with van der Waals surface area (Å²) in [6.07, 6.45) is 3.09. The molecule has 150 valence electrons. The molecule has 1 aromatic carbocycles. The monoisotopic (exact) mass is 493 g/mol. The van der Waals surface area contributed by atoms with Crippen molar-refractivity contribution in [2.24, 2.45) is 5.41 Å². The van der Waals surface area contributed by atoms with E-state index in [1.165, 1.54) is 0 Å². The van der Waals surface area contributed by atoms with Crippen molar-refractivity contribution in [2.45, 2.75) is 59.3 Å². The summed E-state index contributed by atoms with van der Waals surface area (Å²) in [7, 11) is 0. The van der Waals surface area contributed by atoms with E-state index in [2.05, 4.69) is 48.7 Å². The summed E-state index contributed by atoms with van der Waals surface area (Å²) in [6, 6.07) is 8.07. The van der Waals surface area contributed by atoms with Gasteiger partial charge in [-0.3, -0.25) is 4.79 Å². The first-order valence-electron chi connectivity index (χ1n) is 9.90. The lowest BCUT2D eigenvalue weighted by molar-refractivity contribution is -0.139. The predicted molar refractivity (Wildman–Crippen MR) is 119 cm³/mol. The Morgan fingerprint density at radius 2 is 1.93 bits per heavy atom. The van der Waals surface area contributed by atoms with Gasteiger partial charge in [-0.2, -0.15) is 0 Å². The fourth-order valence-corrected chi connectivity index (χ4v) is 4.44. The van der Waals surface area contributed by atoms with Gasteiger partial charge >= 0.3 is 5.97 Å². The highest BCUT2D eigenvalue weighted by Gasteiger charge is 2.43. The standard InChI is InChI=1S/C23H28INO3/c1-5-6-11-28-22(27)19-14(2)25-17-12-23(3,4)13-18(26)21(17)20(19)15-7-9-16(24)10-8-15/h7-10,20,25H,5-6,11-13H2,1-4H3. The number of rotatable bonds is 5. The zero-order valence-corrected chi connectivity index (χ0v) is 19.2. The van der Waals surface area contributed by atoms with E-state index >= 15 is 0 Å². The number of esters is 1. The highest BCUT2D eigenvalue weighted by Crippen LogP contribution is 2.46. The van der Waals surface area contributed by atoms with Gasteiger partial charge in [0.1, 0.15) is 0 Å². The second-order valence-corrected chi connectivity index (χ2v) is 9.72. The maximum Gasteiger partial charge on any atom is 0.336 e. The average Bonchev–Trinajstić information content (AvgIpc) is 2.60. The lowest BCUT2D eigenvalue weighted by atomic mass is 9.68. The van der Waals surface area contributed by atoms with Gasteiger partial charge in [-0.25, -0.2) is 4.79 Å². The summed E-state index contributed by atoms with van der Waals surface area (Å²) in [5.41, 5.74) is 3.91. The molecule has 2 aliphatic rings. The molecule has 3 rings (SSSR count). The fraction of sp³-hybridized carbons (Fsp3) is 0.478. The number of Topliss-reactive ketones (excluding diaryl/α,β-unsaturated/α-hetero) is 1. The summed E-state index contributed by atoms with van der Waals surface area (Å²) < 4.78 is 6.67. The molecule has 0 saturated heterocycles. The third kappa shape index (κ3) is 4.34. The Morgan fingerprint density at radius 3 is 2.57 bits per heavy atom. The number of hydrogen-bond donors (Lipinski definition) is 1. The van der Waals surface area contributed by atoms with Gasteiger partial charge in [0.15, 0.2) is 5.78 Å². The molecule has 0 bridgehead atoms. The summed E-state index contributed by atoms with van der Waals surface area (Å²) in [5.74, 6) is -0.578. The molecule has 0 saturated carbocycles. The smallest absolute Gasteiger partial charge is 0.336 e. The number of ether oxygens (including phenoxy) is 1. The first-order valence-corrected chi connectivity index (χ1v) is 11.0. The number of carbonyl (C=O) groups is 2. The Balaban J connectivity index is 2.07. The zero-order valence-electron chi connectivity index (χ0n) is 17.0. The highest BCUT2D eigenvalue weighted by atomic mass is 127. The molecule has 0 spiro atoms. The molecule has 0 amide bonds. The van der Waals surface area contributed by atoms with Crippen LogP contribution in [0.4, 0.5) is 0 Å². The minimum atomic E-state index is -0.369. The van der Waals surface area contributed by atoms with Crippen LogP contribution in [0.2, 0.25) is 0 Å². The number of ketones is 1. The van der Waals surface area contributed by atoms with Crippen LogP contribution < -0.4 is 5.32 Å². The van der Waals surface area contributed by atoms with Crippen molar-refractivity contribution in [3.8, 4) is 0 Å². The molecule has 1 aliphatic carbocycles. The number of benzene rings is 1. The third-order valence-corrected chi connectivity index (χ3v) is 6.11. The number of hydrogen-bond acceptors (Lipinski definition) is 4. The van der Waals surface area contributed by atoms with Gasteiger partial charge in [-0.05, 0) is 65.5 Å². The van der Waals surface area contributed by atoms with Crippen LogP contribution in [-0.4, -0.2) is 18.4 Å². The quantitative estimate of drug-likeness (QED) is 0.347. The minimum Gasteiger partial charge on any atom is -0.462 e. The van der Waals surface area contributed by atoms with Gasteiger partial charge in [0.05, 0.1) is 12.2 Å². The van der Waals surface area contributed by atoms with Gasteiger partial charge in [-0.15, -0.1) is 0 Å². The Hall–Kier alpha value is -1.63. The number of nitrogens with one attached hydrogen (secondary N) is 1. The molecule has 1 heterocycles. The van der Waals surface area contributed by atoms with E-state index in [4.69, 9.17) is 4.74 Å². The van der Waals surface area contributed by atoms with E-state index in [0.717, 1.165) is 45.4 Å². The Bertz CT molecular complexity index is 849. The molecule has 1 unspecified atom stereocenters. The van der Waals surface area contributed by atoms with E-state index in [1.807, 2.05) is 31.2 Å². The van der Waals surface area contributed by atoms with Crippen molar-refractivity contribution in [3.05, 3.63) is 55.9 Å². The summed E-state index contributed by atoms with van der Waals surface area (Å²) in [4.78, 5) is 26.1. The number of carbonyl (C=O) groups excluding carboxylic acids is 2. The van der Waals surface area contributed by atoms with E-state index in [-0.39, 0.29) is 23.1 Å². The molecule has 1 aliphatic heterocycles. The molecular formula is C23H28INO3. The molecule has 5 heteroatoms. The molecular weight excluding hydrogens is 465 g/mol. The molecule has 1 atom stereocenters. The predicted octanol–water partition coefficient (Wildman–Crippen LogP) is 5.24. The molecule has 0 radical (unpaired) electrons. The maximum atomic E-state index is 13.2. The van der Waals surface area contributed by atoms with Gasteiger partial charge < -0.3 is 10.1 Å². The van der Waals surface area contributed by atoms with Gasteiger partial charge in [0.2, 0.25) is 0 Å². The Labute approximate surface area is 180 Å². The van der Waals surface area contributed by atoms with Crippen LogP contribution in [0.25, 0.3) is 0 Å². The molecule has 28 heavy (non-hydrogen) atoms. The normalized spacial score (nSPS) is 21.3. The van der Waals surface area contributed by atoms with Gasteiger partial charge in [-0.1, -0.05) is 39.3 Å². The average molecular weight is 493 g/mol. The van der Waals surface area contributed by atoms with Crippen LogP contribution in [0.3, 0.4) is 0 Å². The second-order valence-electron chi connectivity index (χ2n) is 8.47. The molecule has 0 fully saturated rings. The van der Waals surface area contributed by atoms with Crippen LogP contribution in [-0.2, 0) is 14.3 Å². The lowest BCUT2D eigenvalue weighted by Gasteiger charge is -2.39. The van der Waals surface area contributed by atoms with E-state index in [1.54, 1.807) is 0 Å². The Kier molecular flexibility index (Phi) is 6.32. The summed E-state index contributed by atoms with van der Waals surface area (Å²) in [5, 5.41) is 3.37. The van der Waals surface area contributed by atoms with Crippen LogP contribution in [0.15, 0.2) is 46.8 Å². The topological polar surface area (TPSA) is 55.4 Å².